The Morgan fingerprint density at radius 1 is 0.969 bits per heavy atom. The SMILES string of the molecule is Nc1ncc(-c2ccc(S(=O)(=O)NC3CC3)cc2)cc1-c1ccc2c(c1)CCCNC2=O. The van der Waals surface area contributed by atoms with Crippen LogP contribution in [0.4, 0.5) is 5.82 Å². The standard InChI is InChI=1S/C24H24N4O3S/c25-23-22(17-5-10-21-16(12-17)2-1-11-26-24(21)29)13-18(14-27-23)15-3-8-20(9-4-15)32(30,31)28-19-6-7-19/h3-5,8-10,12-14,19,28H,1-2,6-7,11H2,(H2,25,27)(H,26,29). The molecule has 2 heterocycles. The number of carbonyl (C=O) groups excluding carboxylic acids is 1. The number of nitrogen functional groups attached to an aromatic ring is 1. The first-order valence-corrected chi connectivity index (χ1v) is 12.2. The lowest BCUT2D eigenvalue weighted by Crippen LogP contribution is -2.25. The second-order valence-corrected chi connectivity index (χ2v) is 10.0. The zero-order chi connectivity index (χ0) is 22.3. The molecule has 0 unspecified atom stereocenters. The lowest BCUT2D eigenvalue weighted by atomic mass is 9.95. The fourth-order valence-electron chi connectivity index (χ4n) is 3.95. The summed E-state index contributed by atoms with van der Waals surface area (Å²) in [5.41, 5.74) is 11.2. The summed E-state index contributed by atoms with van der Waals surface area (Å²) in [6.07, 6.45) is 5.18. The molecule has 1 aliphatic carbocycles. The molecule has 0 radical (unpaired) electrons. The summed E-state index contributed by atoms with van der Waals surface area (Å²) < 4.78 is 27.5. The molecule has 164 valence electrons. The molecule has 1 amide bonds. The first-order chi connectivity index (χ1) is 15.4. The van der Waals surface area contributed by atoms with Crippen LogP contribution in [0.1, 0.15) is 35.2 Å². The number of pyridine rings is 1. The minimum atomic E-state index is -3.49. The van der Waals surface area contributed by atoms with E-state index in [-0.39, 0.29) is 16.8 Å². The third-order valence-electron chi connectivity index (χ3n) is 5.88. The number of hydrogen-bond acceptors (Lipinski definition) is 5. The van der Waals surface area contributed by atoms with Crippen LogP contribution in [0.15, 0.2) is 59.6 Å². The van der Waals surface area contributed by atoms with Gasteiger partial charge < -0.3 is 11.1 Å². The molecular weight excluding hydrogens is 424 g/mol. The van der Waals surface area contributed by atoms with Gasteiger partial charge in [-0.05, 0) is 66.6 Å². The summed E-state index contributed by atoms with van der Waals surface area (Å²) in [6.45, 7) is 0.671. The Hall–Kier alpha value is -3.23. The van der Waals surface area contributed by atoms with Gasteiger partial charge in [-0.25, -0.2) is 18.1 Å². The highest BCUT2D eigenvalue weighted by molar-refractivity contribution is 7.89. The van der Waals surface area contributed by atoms with Crippen LogP contribution in [0.2, 0.25) is 0 Å². The van der Waals surface area contributed by atoms with Crippen molar-refractivity contribution in [2.24, 2.45) is 0 Å². The van der Waals surface area contributed by atoms with Crippen LogP contribution in [0.3, 0.4) is 0 Å². The lowest BCUT2D eigenvalue weighted by molar-refractivity contribution is 0.0956. The van der Waals surface area contributed by atoms with Crippen molar-refractivity contribution in [3.05, 3.63) is 65.9 Å². The van der Waals surface area contributed by atoms with Crippen LogP contribution < -0.4 is 15.8 Å². The Balaban J connectivity index is 1.47. The van der Waals surface area contributed by atoms with Crippen molar-refractivity contribution in [1.29, 1.82) is 0 Å². The maximum Gasteiger partial charge on any atom is 0.251 e. The number of aryl methyl sites for hydroxylation is 1. The molecule has 8 heteroatoms. The molecule has 2 aromatic carbocycles. The van der Waals surface area contributed by atoms with Gasteiger partial charge in [-0.15, -0.1) is 0 Å². The Bertz CT molecular complexity index is 1300. The highest BCUT2D eigenvalue weighted by Crippen LogP contribution is 2.32. The molecule has 2 aliphatic rings. The third kappa shape index (κ3) is 4.11. The predicted molar refractivity (Wildman–Crippen MR) is 124 cm³/mol. The first-order valence-electron chi connectivity index (χ1n) is 10.7. The fourth-order valence-corrected chi connectivity index (χ4v) is 5.25. The van der Waals surface area contributed by atoms with Crippen molar-refractivity contribution in [1.82, 2.24) is 15.0 Å². The van der Waals surface area contributed by atoms with E-state index in [9.17, 15) is 13.2 Å². The van der Waals surface area contributed by atoms with E-state index in [1.807, 2.05) is 24.3 Å². The number of hydrogen-bond donors (Lipinski definition) is 3. The molecule has 1 aliphatic heterocycles. The van der Waals surface area contributed by atoms with Crippen LogP contribution in [-0.4, -0.2) is 31.9 Å². The number of benzene rings is 2. The Labute approximate surface area is 187 Å². The number of carbonyl (C=O) groups is 1. The van der Waals surface area contributed by atoms with E-state index in [2.05, 4.69) is 15.0 Å². The smallest absolute Gasteiger partial charge is 0.251 e. The van der Waals surface area contributed by atoms with Crippen molar-refractivity contribution in [3.63, 3.8) is 0 Å². The third-order valence-corrected chi connectivity index (χ3v) is 7.42. The average Bonchev–Trinajstić information content (AvgIpc) is 3.61. The van der Waals surface area contributed by atoms with Crippen molar-refractivity contribution >= 4 is 21.7 Å². The molecule has 32 heavy (non-hydrogen) atoms. The van der Waals surface area contributed by atoms with Gasteiger partial charge in [0.25, 0.3) is 5.91 Å². The van der Waals surface area contributed by atoms with Crippen LogP contribution in [0, 0.1) is 0 Å². The Morgan fingerprint density at radius 3 is 2.47 bits per heavy atom. The summed E-state index contributed by atoms with van der Waals surface area (Å²) in [7, 11) is -3.49. The summed E-state index contributed by atoms with van der Waals surface area (Å²) in [6, 6.07) is 14.5. The fraction of sp³-hybridized carbons (Fsp3) is 0.250. The molecule has 0 bridgehead atoms. The number of sulfonamides is 1. The van der Waals surface area contributed by atoms with E-state index in [0.717, 1.165) is 53.5 Å². The molecule has 1 aromatic heterocycles. The molecule has 1 fully saturated rings. The predicted octanol–water partition coefficient (Wildman–Crippen LogP) is 3.11. The number of amides is 1. The van der Waals surface area contributed by atoms with Gasteiger partial charge in [-0.1, -0.05) is 24.3 Å². The maximum absolute atomic E-state index is 12.4. The van der Waals surface area contributed by atoms with Gasteiger partial charge >= 0.3 is 0 Å². The molecular formula is C24H24N4O3S. The largest absolute Gasteiger partial charge is 0.383 e. The van der Waals surface area contributed by atoms with Gasteiger partial charge in [0.05, 0.1) is 4.90 Å². The highest BCUT2D eigenvalue weighted by Gasteiger charge is 2.27. The minimum absolute atomic E-state index is 0.0462. The van der Waals surface area contributed by atoms with Crippen LogP contribution in [0.5, 0.6) is 0 Å². The zero-order valence-electron chi connectivity index (χ0n) is 17.5. The van der Waals surface area contributed by atoms with E-state index in [1.54, 1.807) is 30.5 Å². The van der Waals surface area contributed by atoms with Gasteiger partial charge in [0.15, 0.2) is 0 Å². The van der Waals surface area contributed by atoms with E-state index in [4.69, 9.17) is 5.73 Å². The van der Waals surface area contributed by atoms with Crippen LogP contribution >= 0.6 is 0 Å². The van der Waals surface area contributed by atoms with Crippen molar-refractivity contribution in [3.8, 4) is 22.3 Å². The molecule has 0 saturated heterocycles. The number of rotatable bonds is 5. The second kappa shape index (κ2) is 8.03. The zero-order valence-corrected chi connectivity index (χ0v) is 18.3. The summed E-state index contributed by atoms with van der Waals surface area (Å²) in [4.78, 5) is 16.8. The number of fused-ring (bicyclic) bond motifs is 1. The van der Waals surface area contributed by atoms with Gasteiger partial charge in [0.2, 0.25) is 10.0 Å². The van der Waals surface area contributed by atoms with Crippen LogP contribution in [-0.2, 0) is 16.4 Å². The lowest BCUT2D eigenvalue weighted by Gasteiger charge is -2.12. The van der Waals surface area contributed by atoms with Gasteiger partial charge in [0, 0.05) is 35.5 Å². The highest BCUT2D eigenvalue weighted by atomic mass is 32.2. The number of nitrogens with zero attached hydrogens (tertiary/aromatic N) is 1. The normalized spacial score (nSPS) is 16.2. The van der Waals surface area contributed by atoms with Crippen LogP contribution in [0.25, 0.3) is 22.3 Å². The minimum Gasteiger partial charge on any atom is -0.383 e. The number of aromatic nitrogens is 1. The molecule has 3 aromatic rings. The first kappa shape index (κ1) is 20.7. The number of anilines is 1. The molecule has 5 rings (SSSR count). The topological polar surface area (TPSA) is 114 Å². The van der Waals surface area contributed by atoms with Crippen molar-refractivity contribution in [2.75, 3.05) is 12.3 Å². The number of nitrogens with one attached hydrogen (secondary N) is 2. The monoisotopic (exact) mass is 448 g/mol. The quantitative estimate of drug-likeness (QED) is 0.555. The van der Waals surface area contributed by atoms with Gasteiger partial charge in [0.1, 0.15) is 5.82 Å². The number of nitrogens with two attached hydrogens (primary N) is 1. The summed E-state index contributed by atoms with van der Waals surface area (Å²) in [5.74, 6) is 0.356. The molecule has 4 N–H and O–H groups in total. The van der Waals surface area contributed by atoms with Gasteiger partial charge in [-0.2, -0.15) is 0 Å². The molecule has 7 nitrogen and oxygen atoms in total. The Kier molecular flexibility index (Phi) is 5.19. The summed E-state index contributed by atoms with van der Waals surface area (Å²) >= 11 is 0. The maximum atomic E-state index is 12.4. The van der Waals surface area contributed by atoms with E-state index in [1.165, 1.54) is 0 Å². The second-order valence-electron chi connectivity index (χ2n) is 8.31. The molecule has 1 saturated carbocycles. The Morgan fingerprint density at radius 2 is 1.72 bits per heavy atom. The van der Waals surface area contributed by atoms with Crippen molar-refractivity contribution < 1.29 is 13.2 Å². The van der Waals surface area contributed by atoms with E-state index >= 15 is 0 Å². The summed E-state index contributed by atoms with van der Waals surface area (Å²) in [5, 5.41) is 2.91. The van der Waals surface area contributed by atoms with Gasteiger partial charge in [-0.3, -0.25) is 4.79 Å². The van der Waals surface area contributed by atoms with Crippen molar-refractivity contribution in [2.45, 2.75) is 36.6 Å². The molecule has 0 spiro atoms. The average molecular weight is 449 g/mol. The molecule has 0 atom stereocenters. The van der Waals surface area contributed by atoms with E-state index in [0.29, 0.717) is 17.9 Å². The van der Waals surface area contributed by atoms with E-state index < -0.39 is 10.0 Å².